The topological polar surface area (TPSA) is 85.8 Å². The van der Waals surface area contributed by atoms with Crippen molar-refractivity contribution in [2.75, 3.05) is 23.4 Å². The van der Waals surface area contributed by atoms with E-state index in [1.54, 1.807) is 58.6 Å². The molecule has 1 aromatic heterocycles. The van der Waals surface area contributed by atoms with Crippen molar-refractivity contribution in [1.82, 2.24) is 9.88 Å². The largest absolute Gasteiger partial charge is 0.394 e. The lowest BCUT2D eigenvalue weighted by molar-refractivity contribution is -0.00265. The van der Waals surface area contributed by atoms with E-state index in [0.29, 0.717) is 22.8 Å². The number of para-hydroxylation sites is 2. The van der Waals surface area contributed by atoms with Gasteiger partial charge in [-0.15, -0.1) is 0 Å². The van der Waals surface area contributed by atoms with Crippen molar-refractivity contribution < 1.29 is 14.7 Å². The molecule has 8 heteroatoms. The number of benzene rings is 2. The van der Waals surface area contributed by atoms with Crippen molar-refractivity contribution >= 4 is 34.9 Å². The van der Waals surface area contributed by atoms with Crippen molar-refractivity contribution in [3.8, 4) is 0 Å². The SMILES string of the molecule is O=C(c1ccncc1)N1C[C@@H]2[C@H](c3ccccc31)[C@@H](CO)N2C(=O)Nc1ccccc1Cl. The van der Waals surface area contributed by atoms with Gasteiger partial charge in [-0.25, -0.2) is 4.79 Å². The van der Waals surface area contributed by atoms with Crippen molar-refractivity contribution in [2.45, 2.75) is 18.0 Å². The standard InChI is InChI=1S/C24H21ClN4O3/c25-17-6-2-3-7-18(17)27-24(32)29-20-13-28(23(31)15-9-11-26-12-10-15)19-8-4-1-5-16(19)22(20)21(29)14-30/h1-12,20-22,30H,13-14H2,(H,27,32)/t20-,21-,22+/m1/s1. The minimum Gasteiger partial charge on any atom is -0.394 e. The fraction of sp³-hybridized carbons (Fsp3) is 0.208. The highest BCUT2D eigenvalue weighted by molar-refractivity contribution is 6.33. The number of pyridine rings is 1. The van der Waals surface area contributed by atoms with Crippen molar-refractivity contribution in [2.24, 2.45) is 0 Å². The molecule has 1 fully saturated rings. The van der Waals surface area contributed by atoms with Crippen LogP contribution < -0.4 is 10.2 Å². The molecule has 2 N–H and O–H groups in total. The smallest absolute Gasteiger partial charge is 0.322 e. The van der Waals surface area contributed by atoms with Gasteiger partial charge in [0, 0.05) is 36.1 Å². The second-order valence-electron chi connectivity index (χ2n) is 7.87. The Morgan fingerprint density at radius 2 is 1.78 bits per heavy atom. The summed E-state index contributed by atoms with van der Waals surface area (Å²) in [5.74, 6) is -0.216. The summed E-state index contributed by atoms with van der Waals surface area (Å²) in [6.07, 6.45) is 3.17. The predicted octanol–water partition coefficient (Wildman–Crippen LogP) is 3.76. The number of fused-ring (bicyclic) bond motifs is 3. The Kier molecular flexibility index (Phi) is 5.28. The fourth-order valence-corrected chi connectivity index (χ4v) is 4.93. The number of amides is 3. The van der Waals surface area contributed by atoms with Crippen LogP contribution in [0.3, 0.4) is 0 Å². The molecule has 0 aliphatic carbocycles. The first-order valence-corrected chi connectivity index (χ1v) is 10.7. The van der Waals surface area contributed by atoms with Crippen LogP contribution in [0.2, 0.25) is 5.02 Å². The van der Waals surface area contributed by atoms with Gasteiger partial charge in [0.05, 0.1) is 29.4 Å². The van der Waals surface area contributed by atoms with Gasteiger partial charge in [-0.05, 0) is 35.9 Å². The third-order valence-corrected chi connectivity index (χ3v) is 6.54. The maximum Gasteiger partial charge on any atom is 0.322 e. The number of carbonyl (C=O) groups excluding carboxylic acids is 2. The lowest BCUT2D eigenvalue weighted by Gasteiger charge is -2.58. The van der Waals surface area contributed by atoms with E-state index in [1.807, 2.05) is 24.3 Å². The Bertz CT molecular complexity index is 1170. The van der Waals surface area contributed by atoms with E-state index in [0.717, 1.165) is 11.3 Å². The molecule has 3 heterocycles. The first kappa shape index (κ1) is 20.5. The fourth-order valence-electron chi connectivity index (χ4n) is 4.75. The van der Waals surface area contributed by atoms with E-state index in [1.165, 1.54) is 0 Å². The van der Waals surface area contributed by atoms with Crippen LogP contribution in [0.1, 0.15) is 21.8 Å². The summed E-state index contributed by atoms with van der Waals surface area (Å²) in [5.41, 5.74) is 2.78. The lowest BCUT2D eigenvalue weighted by atomic mass is 9.72. The third kappa shape index (κ3) is 3.30. The van der Waals surface area contributed by atoms with E-state index in [4.69, 9.17) is 11.6 Å². The summed E-state index contributed by atoms with van der Waals surface area (Å²) in [5, 5.41) is 13.4. The quantitative estimate of drug-likeness (QED) is 0.639. The molecular weight excluding hydrogens is 428 g/mol. The molecule has 1 saturated heterocycles. The van der Waals surface area contributed by atoms with Gasteiger partial charge in [-0.2, -0.15) is 0 Å². The highest BCUT2D eigenvalue weighted by atomic mass is 35.5. The first-order chi connectivity index (χ1) is 15.6. The van der Waals surface area contributed by atoms with Crippen molar-refractivity contribution in [3.63, 3.8) is 0 Å². The third-order valence-electron chi connectivity index (χ3n) is 6.21. The summed E-state index contributed by atoms with van der Waals surface area (Å²) < 4.78 is 0. The molecule has 162 valence electrons. The number of urea groups is 1. The zero-order valence-electron chi connectivity index (χ0n) is 17.1. The van der Waals surface area contributed by atoms with Crippen LogP contribution in [-0.2, 0) is 0 Å². The average Bonchev–Trinajstić information content (AvgIpc) is 2.81. The van der Waals surface area contributed by atoms with Gasteiger partial charge in [0.25, 0.3) is 5.91 Å². The Balaban J connectivity index is 1.48. The highest BCUT2D eigenvalue weighted by Gasteiger charge is 2.55. The molecule has 0 unspecified atom stereocenters. The number of aliphatic hydroxyl groups is 1. The van der Waals surface area contributed by atoms with Gasteiger partial charge >= 0.3 is 6.03 Å². The number of nitrogens with one attached hydrogen (secondary N) is 1. The molecule has 5 rings (SSSR count). The summed E-state index contributed by atoms with van der Waals surface area (Å²) in [6.45, 7) is 0.152. The number of hydrogen-bond acceptors (Lipinski definition) is 4. The molecule has 3 amide bonds. The van der Waals surface area contributed by atoms with Gasteiger partial charge in [-0.3, -0.25) is 9.78 Å². The molecule has 0 radical (unpaired) electrons. The van der Waals surface area contributed by atoms with Crippen molar-refractivity contribution in [1.29, 1.82) is 0 Å². The Morgan fingerprint density at radius 3 is 2.53 bits per heavy atom. The molecule has 32 heavy (non-hydrogen) atoms. The monoisotopic (exact) mass is 448 g/mol. The van der Waals surface area contributed by atoms with Crippen LogP contribution in [0.4, 0.5) is 16.2 Å². The minimum absolute atomic E-state index is 0.0605. The molecule has 2 aliphatic rings. The molecule has 3 aromatic rings. The van der Waals surface area contributed by atoms with E-state index >= 15 is 0 Å². The van der Waals surface area contributed by atoms with Crippen LogP contribution in [0, 0.1) is 0 Å². The minimum atomic E-state index is -0.387. The normalized spacial score (nSPS) is 21.2. The molecular formula is C24H21ClN4O3. The first-order valence-electron chi connectivity index (χ1n) is 10.4. The second-order valence-corrected chi connectivity index (χ2v) is 8.28. The molecule has 2 aromatic carbocycles. The summed E-state index contributed by atoms with van der Waals surface area (Å²) in [6, 6.07) is 17.0. The Hall–Kier alpha value is -3.42. The molecule has 0 saturated carbocycles. The second kappa shape index (κ2) is 8.26. The molecule has 7 nitrogen and oxygen atoms in total. The zero-order valence-corrected chi connectivity index (χ0v) is 17.8. The number of hydrogen-bond donors (Lipinski definition) is 2. The Labute approximate surface area is 190 Å². The van der Waals surface area contributed by atoms with Gasteiger partial charge in [-0.1, -0.05) is 41.9 Å². The molecule has 0 spiro atoms. The number of anilines is 2. The van der Waals surface area contributed by atoms with E-state index in [-0.39, 0.29) is 36.5 Å². The molecule has 3 atom stereocenters. The number of rotatable bonds is 3. The summed E-state index contributed by atoms with van der Waals surface area (Å²) >= 11 is 6.20. The number of nitrogens with zero attached hydrogens (tertiary/aromatic N) is 3. The van der Waals surface area contributed by atoms with Gasteiger partial charge in [0.1, 0.15) is 0 Å². The maximum absolute atomic E-state index is 13.3. The van der Waals surface area contributed by atoms with E-state index < -0.39 is 0 Å². The number of aliphatic hydroxyl groups excluding tert-OH is 1. The van der Waals surface area contributed by atoms with Gasteiger partial charge in [0.2, 0.25) is 0 Å². The number of carbonyl (C=O) groups is 2. The van der Waals surface area contributed by atoms with Crippen LogP contribution in [0.25, 0.3) is 0 Å². The van der Waals surface area contributed by atoms with Crippen LogP contribution in [0.5, 0.6) is 0 Å². The average molecular weight is 449 g/mol. The maximum atomic E-state index is 13.3. The summed E-state index contributed by atoms with van der Waals surface area (Å²) in [4.78, 5) is 33.8. The van der Waals surface area contributed by atoms with Crippen LogP contribution in [0.15, 0.2) is 73.1 Å². The van der Waals surface area contributed by atoms with Crippen LogP contribution >= 0.6 is 11.6 Å². The zero-order chi connectivity index (χ0) is 22.2. The van der Waals surface area contributed by atoms with Gasteiger partial charge < -0.3 is 20.2 Å². The number of halogens is 1. The van der Waals surface area contributed by atoms with Gasteiger partial charge in [0.15, 0.2) is 0 Å². The number of aromatic nitrogens is 1. The summed E-state index contributed by atoms with van der Waals surface area (Å²) in [7, 11) is 0. The van der Waals surface area contributed by atoms with E-state index in [9.17, 15) is 14.7 Å². The lowest BCUT2D eigenvalue weighted by Crippen LogP contribution is -2.71. The predicted molar refractivity (Wildman–Crippen MR) is 122 cm³/mol. The Morgan fingerprint density at radius 1 is 1.06 bits per heavy atom. The van der Waals surface area contributed by atoms with Crippen LogP contribution in [-0.4, -0.2) is 52.2 Å². The molecule has 2 aliphatic heterocycles. The van der Waals surface area contributed by atoms with Crippen molar-refractivity contribution in [3.05, 3.63) is 89.2 Å². The van der Waals surface area contributed by atoms with E-state index in [2.05, 4.69) is 10.3 Å². The highest BCUT2D eigenvalue weighted by Crippen LogP contribution is 2.48. The number of likely N-dealkylation sites (tertiary alicyclic amines) is 1. The molecule has 0 bridgehead atoms.